The number of ether oxygens (including phenoxy) is 1. The highest BCUT2D eigenvalue weighted by Crippen LogP contribution is 2.40. The van der Waals surface area contributed by atoms with E-state index in [1.165, 1.54) is 6.20 Å². The van der Waals surface area contributed by atoms with Gasteiger partial charge in [-0.05, 0) is 25.8 Å². The van der Waals surface area contributed by atoms with E-state index >= 15 is 0 Å². The first-order valence-electron chi connectivity index (χ1n) is 10.2. The Balaban J connectivity index is 1.53. The smallest absolute Gasteiger partial charge is 0.223 e. The maximum Gasteiger partial charge on any atom is 0.223 e. The molecule has 5 rings (SSSR count). The van der Waals surface area contributed by atoms with Gasteiger partial charge in [0.1, 0.15) is 29.0 Å². The summed E-state index contributed by atoms with van der Waals surface area (Å²) in [4.78, 5) is 12.7. The van der Waals surface area contributed by atoms with Crippen LogP contribution < -0.4 is 15.4 Å². The van der Waals surface area contributed by atoms with E-state index in [0.29, 0.717) is 42.5 Å². The van der Waals surface area contributed by atoms with Crippen LogP contribution in [0.4, 0.5) is 14.7 Å². The topological polar surface area (TPSA) is 89.3 Å². The molecule has 2 aliphatic rings. The van der Waals surface area contributed by atoms with Gasteiger partial charge in [0, 0.05) is 18.5 Å². The Labute approximate surface area is 172 Å². The molecule has 0 radical (unpaired) electrons. The summed E-state index contributed by atoms with van der Waals surface area (Å²) in [5.74, 6) is 0.593. The number of rotatable bonds is 5. The van der Waals surface area contributed by atoms with Crippen molar-refractivity contribution in [3.8, 4) is 17.1 Å². The van der Waals surface area contributed by atoms with Crippen molar-refractivity contribution in [2.45, 2.75) is 43.8 Å². The molecular weight excluding hydrogens is 392 g/mol. The lowest BCUT2D eigenvalue weighted by Gasteiger charge is -2.27. The molecule has 2 N–H and O–H groups in total. The van der Waals surface area contributed by atoms with Gasteiger partial charge in [-0.25, -0.2) is 28.2 Å². The third-order valence-electron chi connectivity index (χ3n) is 5.90. The number of imidazole rings is 1. The van der Waals surface area contributed by atoms with Crippen LogP contribution in [0.2, 0.25) is 0 Å². The van der Waals surface area contributed by atoms with Crippen LogP contribution in [0, 0.1) is 5.82 Å². The normalized spacial score (nSPS) is 22.1. The second-order valence-electron chi connectivity index (χ2n) is 7.79. The average Bonchev–Trinajstić information content (AvgIpc) is 3.12. The molecule has 3 aromatic heterocycles. The van der Waals surface area contributed by atoms with Crippen LogP contribution in [-0.2, 0) is 0 Å². The SMILES string of the molecule is COc1cc2ncc(-c3nc(N[C@H]4CNCC[C@@H]4F)ncc3F)n2nc1C1CCC1. The summed E-state index contributed by atoms with van der Waals surface area (Å²) in [7, 11) is 1.61. The van der Waals surface area contributed by atoms with Crippen LogP contribution in [-0.4, -0.2) is 57.0 Å². The monoisotopic (exact) mass is 415 g/mol. The number of alkyl halides is 1. The molecule has 0 amide bonds. The van der Waals surface area contributed by atoms with Crippen LogP contribution >= 0.6 is 0 Å². The fourth-order valence-corrected chi connectivity index (χ4v) is 3.95. The summed E-state index contributed by atoms with van der Waals surface area (Å²) in [6.07, 6.45) is 5.27. The minimum Gasteiger partial charge on any atom is -0.495 e. The van der Waals surface area contributed by atoms with E-state index in [-0.39, 0.29) is 11.6 Å². The van der Waals surface area contributed by atoms with E-state index in [0.717, 1.165) is 31.2 Å². The number of aromatic nitrogens is 5. The van der Waals surface area contributed by atoms with Crippen LogP contribution in [0.25, 0.3) is 17.0 Å². The minimum absolute atomic E-state index is 0.0661. The minimum atomic E-state index is -1.02. The molecule has 1 saturated carbocycles. The lowest BCUT2D eigenvalue weighted by atomic mass is 9.82. The Kier molecular flexibility index (Phi) is 4.93. The molecule has 2 atom stereocenters. The fraction of sp³-hybridized carbons (Fsp3) is 0.500. The molecule has 3 aromatic rings. The van der Waals surface area contributed by atoms with Crippen LogP contribution in [0.15, 0.2) is 18.5 Å². The Morgan fingerprint density at radius 3 is 2.83 bits per heavy atom. The average molecular weight is 415 g/mol. The van der Waals surface area contributed by atoms with Crippen LogP contribution in [0.5, 0.6) is 5.75 Å². The van der Waals surface area contributed by atoms with Crippen molar-refractivity contribution in [1.29, 1.82) is 0 Å². The molecule has 0 unspecified atom stereocenters. The van der Waals surface area contributed by atoms with E-state index in [4.69, 9.17) is 9.84 Å². The maximum atomic E-state index is 14.7. The zero-order chi connectivity index (χ0) is 20.7. The third-order valence-corrected chi connectivity index (χ3v) is 5.90. The summed E-state index contributed by atoms with van der Waals surface area (Å²) in [5.41, 5.74) is 1.86. The Morgan fingerprint density at radius 2 is 2.10 bits per heavy atom. The van der Waals surface area contributed by atoms with Crippen molar-refractivity contribution >= 4 is 11.6 Å². The first kappa shape index (κ1) is 19.1. The summed E-state index contributed by atoms with van der Waals surface area (Å²) < 4.78 is 35.9. The highest BCUT2D eigenvalue weighted by molar-refractivity contribution is 5.62. The van der Waals surface area contributed by atoms with E-state index in [1.807, 2.05) is 6.07 Å². The van der Waals surface area contributed by atoms with Gasteiger partial charge in [0.25, 0.3) is 0 Å². The number of hydrogen-bond donors (Lipinski definition) is 2. The molecule has 10 heteroatoms. The van der Waals surface area contributed by atoms with Gasteiger partial charge in [0.2, 0.25) is 5.95 Å². The molecule has 1 saturated heterocycles. The molecule has 2 fully saturated rings. The maximum absolute atomic E-state index is 14.7. The van der Waals surface area contributed by atoms with Gasteiger partial charge in [0.15, 0.2) is 11.5 Å². The van der Waals surface area contributed by atoms with Crippen molar-refractivity contribution in [2.75, 3.05) is 25.5 Å². The third kappa shape index (κ3) is 3.34. The molecule has 0 aromatic carbocycles. The van der Waals surface area contributed by atoms with Crippen molar-refractivity contribution in [1.82, 2.24) is 29.9 Å². The molecule has 1 aliphatic carbocycles. The van der Waals surface area contributed by atoms with Crippen molar-refractivity contribution in [3.05, 3.63) is 30.0 Å². The van der Waals surface area contributed by atoms with E-state index in [2.05, 4.69) is 25.6 Å². The number of nitrogens with zero attached hydrogens (tertiary/aromatic N) is 5. The molecule has 158 valence electrons. The van der Waals surface area contributed by atoms with Crippen molar-refractivity contribution < 1.29 is 13.5 Å². The number of fused-ring (bicyclic) bond motifs is 1. The quantitative estimate of drug-likeness (QED) is 0.662. The largest absolute Gasteiger partial charge is 0.495 e. The standard InChI is InChI=1S/C20H23F2N7O/c1-30-16-7-17-24-10-15(29(17)28-18(16)11-3-2-4-11)19-13(22)8-25-20(27-19)26-14-9-23-6-5-12(14)21/h7-8,10-12,14,23H,2-6,9H2,1H3,(H,25,26,27)/t12-,14-/m0/s1. The molecular formula is C20H23F2N7O. The lowest BCUT2D eigenvalue weighted by Crippen LogP contribution is -2.46. The van der Waals surface area contributed by atoms with Gasteiger partial charge in [-0.15, -0.1) is 0 Å². The van der Waals surface area contributed by atoms with E-state index in [1.54, 1.807) is 11.6 Å². The van der Waals surface area contributed by atoms with Gasteiger partial charge < -0.3 is 15.4 Å². The highest BCUT2D eigenvalue weighted by Gasteiger charge is 2.28. The Hall–Kier alpha value is -2.88. The number of methoxy groups -OCH3 is 1. The number of anilines is 1. The first-order valence-corrected chi connectivity index (χ1v) is 10.2. The summed E-state index contributed by atoms with van der Waals surface area (Å²) in [6, 6.07) is 1.34. The number of hydrogen-bond acceptors (Lipinski definition) is 7. The molecule has 30 heavy (non-hydrogen) atoms. The number of halogens is 2. The Bertz CT molecular complexity index is 1070. The summed E-state index contributed by atoms with van der Waals surface area (Å²) in [6.45, 7) is 1.09. The Morgan fingerprint density at radius 1 is 1.23 bits per heavy atom. The molecule has 4 heterocycles. The van der Waals surface area contributed by atoms with Gasteiger partial charge in [0.05, 0.1) is 25.5 Å². The predicted molar refractivity (Wildman–Crippen MR) is 107 cm³/mol. The van der Waals surface area contributed by atoms with Crippen LogP contribution in [0.1, 0.15) is 37.3 Å². The zero-order valence-corrected chi connectivity index (χ0v) is 16.6. The molecule has 0 spiro atoms. The van der Waals surface area contributed by atoms with Crippen molar-refractivity contribution in [2.24, 2.45) is 0 Å². The van der Waals surface area contributed by atoms with Gasteiger partial charge in [-0.1, -0.05) is 6.42 Å². The second-order valence-corrected chi connectivity index (χ2v) is 7.79. The van der Waals surface area contributed by atoms with Crippen molar-refractivity contribution in [3.63, 3.8) is 0 Å². The van der Waals surface area contributed by atoms with Gasteiger partial charge in [-0.2, -0.15) is 5.10 Å². The highest BCUT2D eigenvalue weighted by atomic mass is 19.1. The molecule has 8 nitrogen and oxygen atoms in total. The lowest BCUT2D eigenvalue weighted by molar-refractivity contribution is 0.240. The van der Waals surface area contributed by atoms with Gasteiger partial charge >= 0.3 is 0 Å². The second kappa shape index (κ2) is 7.75. The van der Waals surface area contributed by atoms with Crippen LogP contribution in [0.3, 0.4) is 0 Å². The van der Waals surface area contributed by atoms with E-state index in [9.17, 15) is 8.78 Å². The number of nitrogens with one attached hydrogen (secondary N) is 2. The van der Waals surface area contributed by atoms with E-state index < -0.39 is 18.0 Å². The predicted octanol–water partition coefficient (Wildman–Crippen LogP) is 2.71. The summed E-state index contributed by atoms with van der Waals surface area (Å²) >= 11 is 0. The molecule has 1 aliphatic heterocycles. The zero-order valence-electron chi connectivity index (χ0n) is 16.6. The number of piperidine rings is 1. The van der Waals surface area contributed by atoms with Gasteiger partial charge in [-0.3, -0.25) is 0 Å². The fourth-order valence-electron chi connectivity index (χ4n) is 3.95. The molecule has 0 bridgehead atoms. The summed E-state index contributed by atoms with van der Waals surface area (Å²) in [5, 5.41) is 10.8. The first-order chi connectivity index (χ1) is 14.6.